The van der Waals surface area contributed by atoms with E-state index < -0.39 is 0 Å². The summed E-state index contributed by atoms with van der Waals surface area (Å²) in [5, 5.41) is 13.9. The first kappa shape index (κ1) is 28.8. The molecule has 0 unspecified atom stereocenters. The van der Waals surface area contributed by atoms with Gasteiger partial charge in [-0.15, -0.1) is 0 Å². The predicted octanol–water partition coefficient (Wildman–Crippen LogP) is 12.2. The van der Waals surface area contributed by atoms with E-state index in [0.717, 1.165) is 60.8 Å². The number of aromatic nitrogens is 2. The smallest absolute Gasteiger partial charge is 0.211 e. The molecule has 0 aliphatic rings. The molecule has 0 spiro atoms. The fourth-order valence-corrected chi connectivity index (χ4v) is 7.50. The van der Waals surface area contributed by atoms with Gasteiger partial charge >= 0.3 is 0 Å². The second-order valence-corrected chi connectivity index (χ2v) is 12.2. The second-order valence-electron chi connectivity index (χ2n) is 12.2. The van der Waals surface area contributed by atoms with Gasteiger partial charge in [0.25, 0.3) is 0 Å². The average Bonchev–Trinajstić information content (AvgIpc) is 3.70. The molecule has 7 aromatic carbocycles. The topological polar surface area (TPSA) is 42.4 Å². The van der Waals surface area contributed by atoms with Crippen LogP contribution in [-0.2, 0) is 0 Å². The maximum absolute atomic E-state index is 9.74. The third-order valence-electron chi connectivity index (χ3n) is 9.59. The average molecular weight is 636 g/mol. The first-order valence-corrected chi connectivity index (χ1v) is 16.2. The molecular formula is C45H25N5. The fraction of sp³-hybridized carbons (Fsp3) is 0. The lowest BCUT2D eigenvalue weighted by atomic mass is 9.92. The third-order valence-corrected chi connectivity index (χ3v) is 9.59. The van der Waals surface area contributed by atoms with Gasteiger partial charge in [-0.25, -0.2) is 9.69 Å². The van der Waals surface area contributed by atoms with Crippen molar-refractivity contribution in [3.63, 3.8) is 0 Å². The van der Waals surface area contributed by atoms with Crippen molar-refractivity contribution in [2.45, 2.75) is 0 Å². The van der Waals surface area contributed by atoms with E-state index in [1.165, 1.54) is 10.8 Å². The highest BCUT2D eigenvalue weighted by Gasteiger charge is 2.22. The van der Waals surface area contributed by atoms with E-state index in [-0.39, 0.29) is 0 Å². The summed E-state index contributed by atoms with van der Waals surface area (Å²) in [6.45, 7) is 16.4. The molecule has 0 saturated heterocycles. The molecule has 0 amide bonds. The lowest BCUT2D eigenvalue weighted by molar-refractivity contribution is 1.18. The summed E-state index contributed by atoms with van der Waals surface area (Å²) in [5.74, 6) is 0. The largest absolute Gasteiger partial charge is 0.328 e. The summed E-state index contributed by atoms with van der Waals surface area (Å²) < 4.78 is 4.37. The van der Waals surface area contributed by atoms with Crippen LogP contribution in [-0.4, -0.2) is 9.13 Å². The Hall–Kier alpha value is -7.39. The molecule has 5 heteroatoms. The van der Waals surface area contributed by atoms with Crippen LogP contribution in [0.1, 0.15) is 5.56 Å². The SMILES string of the molecule is [C-]#[N+]c1cccc(-c2ccccc2-c2cccc(-n3c4ccccc4c4ccccc43)c2)c1-n1c2ccc(C#N)cc2c2cccc([N+]#[C-])c21. The Morgan fingerprint density at radius 3 is 1.82 bits per heavy atom. The minimum absolute atomic E-state index is 0.472. The minimum Gasteiger partial charge on any atom is -0.328 e. The standard InChI is InChI=1S/C45H25N5/c1-47-39-20-10-18-36(44(39)50-43-25-24-29(28-46)26-38(43)37-19-11-21-40(48-2)45(37)50)33-15-4-3-14-32(33)30-12-9-13-31(27-30)49-41-22-7-5-16-34(41)35-17-6-8-23-42(35)49/h3-27H. The highest BCUT2D eigenvalue weighted by Crippen LogP contribution is 2.45. The zero-order chi connectivity index (χ0) is 33.8. The summed E-state index contributed by atoms with van der Waals surface area (Å²) in [4.78, 5) is 7.93. The highest BCUT2D eigenvalue weighted by atomic mass is 15.0. The molecular weight excluding hydrogens is 611 g/mol. The number of para-hydroxylation sites is 4. The van der Waals surface area contributed by atoms with Gasteiger partial charge in [0.15, 0.2) is 0 Å². The van der Waals surface area contributed by atoms with E-state index in [0.29, 0.717) is 22.6 Å². The molecule has 230 valence electrons. The Morgan fingerprint density at radius 1 is 0.480 bits per heavy atom. The molecule has 0 atom stereocenters. The molecule has 0 aliphatic heterocycles. The summed E-state index contributed by atoms with van der Waals surface area (Å²) >= 11 is 0. The zero-order valence-electron chi connectivity index (χ0n) is 26.7. The lowest BCUT2D eigenvalue weighted by Crippen LogP contribution is -1.99. The van der Waals surface area contributed by atoms with Crippen molar-refractivity contribution in [3.8, 4) is 39.7 Å². The van der Waals surface area contributed by atoms with Crippen LogP contribution in [0.5, 0.6) is 0 Å². The van der Waals surface area contributed by atoms with E-state index in [2.05, 4.69) is 111 Å². The van der Waals surface area contributed by atoms with E-state index in [1.807, 2.05) is 59.2 Å². The summed E-state index contributed by atoms with van der Waals surface area (Å²) in [6.07, 6.45) is 0. The van der Waals surface area contributed by atoms with Crippen molar-refractivity contribution in [3.05, 3.63) is 180 Å². The van der Waals surface area contributed by atoms with Gasteiger partial charge in [-0.3, -0.25) is 0 Å². The van der Waals surface area contributed by atoms with Crippen molar-refractivity contribution >= 4 is 55.0 Å². The molecule has 9 aromatic rings. The first-order valence-electron chi connectivity index (χ1n) is 16.2. The Morgan fingerprint density at radius 2 is 1.08 bits per heavy atom. The van der Waals surface area contributed by atoms with Crippen molar-refractivity contribution in [1.29, 1.82) is 5.26 Å². The van der Waals surface area contributed by atoms with Gasteiger partial charge in [0.05, 0.1) is 52.5 Å². The Labute approximate surface area is 288 Å². The number of nitrogens with zero attached hydrogens (tertiary/aromatic N) is 5. The molecule has 9 rings (SSSR count). The summed E-state index contributed by atoms with van der Waals surface area (Å²) in [7, 11) is 0. The number of benzene rings is 7. The normalized spacial score (nSPS) is 11.1. The molecule has 0 fully saturated rings. The predicted molar refractivity (Wildman–Crippen MR) is 203 cm³/mol. The molecule has 0 aliphatic carbocycles. The van der Waals surface area contributed by atoms with Gasteiger partial charge in [0, 0.05) is 21.8 Å². The molecule has 2 aromatic heterocycles. The van der Waals surface area contributed by atoms with Gasteiger partial charge in [0.2, 0.25) is 11.4 Å². The molecule has 0 N–H and O–H groups in total. The Balaban J connectivity index is 1.32. The van der Waals surface area contributed by atoms with E-state index in [9.17, 15) is 5.26 Å². The molecule has 0 bridgehead atoms. The van der Waals surface area contributed by atoms with E-state index >= 15 is 0 Å². The van der Waals surface area contributed by atoms with Crippen molar-refractivity contribution in [2.75, 3.05) is 0 Å². The highest BCUT2D eigenvalue weighted by molar-refractivity contribution is 6.15. The quantitative estimate of drug-likeness (QED) is 0.177. The number of hydrogen-bond acceptors (Lipinski definition) is 1. The first-order chi connectivity index (χ1) is 24.7. The van der Waals surface area contributed by atoms with Gasteiger partial charge in [0.1, 0.15) is 0 Å². The monoisotopic (exact) mass is 635 g/mol. The maximum Gasteiger partial charge on any atom is 0.211 e. The third kappa shape index (κ3) is 4.24. The minimum atomic E-state index is 0.472. The lowest BCUT2D eigenvalue weighted by Gasteiger charge is -2.19. The van der Waals surface area contributed by atoms with Crippen molar-refractivity contribution < 1.29 is 0 Å². The van der Waals surface area contributed by atoms with Crippen LogP contribution in [0.3, 0.4) is 0 Å². The molecule has 5 nitrogen and oxygen atoms in total. The van der Waals surface area contributed by atoms with Gasteiger partial charge in [-0.1, -0.05) is 109 Å². The van der Waals surface area contributed by atoms with E-state index in [1.54, 1.807) is 6.07 Å². The molecule has 0 saturated carbocycles. The number of fused-ring (bicyclic) bond motifs is 6. The van der Waals surface area contributed by atoms with E-state index in [4.69, 9.17) is 13.1 Å². The number of rotatable bonds is 4. The molecule has 0 radical (unpaired) electrons. The Kier molecular flexibility index (Phi) is 6.56. The number of nitriles is 1. The molecule has 50 heavy (non-hydrogen) atoms. The molecule has 2 heterocycles. The van der Waals surface area contributed by atoms with Crippen LogP contribution >= 0.6 is 0 Å². The summed E-state index contributed by atoms with van der Waals surface area (Å²) in [6, 6.07) is 53.3. The van der Waals surface area contributed by atoms with Gasteiger partial charge in [-0.05, 0) is 70.1 Å². The second kappa shape index (κ2) is 11.4. The van der Waals surface area contributed by atoms with Crippen LogP contribution < -0.4 is 0 Å². The summed E-state index contributed by atoms with van der Waals surface area (Å²) in [5.41, 5.74) is 11.0. The zero-order valence-corrected chi connectivity index (χ0v) is 26.7. The van der Waals surface area contributed by atoms with Crippen LogP contribution in [0.2, 0.25) is 0 Å². The van der Waals surface area contributed by atoms with Crippen molar-refractivity contribution in [2.24, 2.45) is 0 Å². The van der Waals surface area contributed by atoms with Crippen molar-refractivity contribution in [1.82, 2.24) is 9.13 Å². The van der Waals surface area contributed by atoms with Crippen LogP contribution in [0.15, 0.2) is 152 Å². The van der Waals surface area contributed by atoms with Gasteiger partial charge < -0.3 is 9.13 Å². The van der Waals surface area contributed by atoms with Crippen LogP contribution in [0.25, 0.3) is 86.9 Å². The van der Waals surface area contributed by atoms with Crippen LogP contribution in [0.4, 0.5) is 11.4 Å². The fourth-order valence-electron chi connectivity index (χ4n) is 7.50. The number of hydrogen-bond donors (Lipinski definition) is 0. The Bertz CT molecular complexity index is 2920. The van der Waals surface area contributed by atoms with Gasteiger partial charge in [-0.2, -0.15) is 5.26 Å². The maximum atomic E-state index is 9.74. The van der Waals surface area contributed by atoms with Crippen LogP contribution in [0, 0.1) is 24.5 Å².